The summed E-state index contributed by atoms with van der Waals surface area (Å²) >= 11 is 1.13. The van der Waals surface area contributed by atoms with Gasteiger partial charge in [-0.25, -0.2) is 13.7 Å². The van der Waals surface area contributed by atoms with Crippen molar-refractivity contribution in [3.05, 3.63) is 45.1 Å². The number of primary amides is 1. The number of carbonyl (C=O) groups excluding carboxylic acids is 1. The Morgan fingerprint density at radius 1 is 1.18 bits per heavy atom. The van der Waals surface area contributed by atoms with Gasteiger partial charge in [0, 0.05) is 17.1 Å². The Hall–Kier alpha value is -1.81. The summed E-state index contributed by atoms with van der Waals surface area (Å²) in [7, 11) is 0.0531. The highest BCUT2D eigenvalue weighted by Crippen LogP contribution is 2.36. The molecule has 2 aliphatic rings. The second-order valence-corrected chi connectivity index (χ2v) is 8.98. The smallest absolute Gasteiger partial charge is 0.204 e. The lowest BCUT2D eigenvalue weighted by atomic mass is 9.99. The molecule has 0 saturated heterocycles. The summed E-state index contributed by atoms with van der Waals surface area (Å²) in [5, 5.41) is 7.91. The largest absolute Gasteiger partial charge is 0.398 e. The number of hydrogen-bond donors (Lipinski definition) is 4. The molecule has 0 fully saturated rings. The molecule has 6 nitrogen and oxygen atoms in total. The molecule has 0 bridgehead atoms. The van der Waals surface area contributed by atoms with E-state index in [9.17, 15) is 8.60 Å². The van der Waals surface area contributed by atoms with E-state index < -0.39 is 16.8 Å². The van der Waals surface area contributed by atoms with Crippen LogP contribution in [-0.2, 0) is 48.0 Å². The van der Waals surface area contributed by atoms with Gasteiger partial charge in [-0.15, -0.1) is 11.3 Å². The van der Waals surface area contributed by atoms with Crippen LogP contribution in [0.3, 0.4) is 0 Å². The molecule has 1 aromatic heterocycles. The highest BCUT2D eigenvalue weighted by atomic mass is 32.2. The first-order chi connectivity index (χ1) is 13.4. The molecule has 2 aliphatic carbocycles. The summed E-state index contributed by atoms with van der Waals surface area (Å²) in [4.78, 5) is 9.38. The van der Waals surface area contributed by atoms with E-state index in [2.05, 4.69) is 17.1 Å². The van der Waals surface area contributed by atoms with Gasteiger partial charge in [-0.05, 0) is 73.9 Å². The summed E-state index contributed by atoms with van der Waals surface area (Å²) in [6.07, 6.45) is 7.81. The summed E-state index contributed by atoms with van der Waals surface area (Å²) in [5.41, 5.74) is 17.5. The molecule has 4 rings (SSSR count). The van der Waals surface area contributed by atoms with Gasteiger partial charge in [-0.2, -0.15) is 0 Å². The van der Waals surface area contributed by atoms with E-state index >= 15 is 0 Å². The van der Waals surface area contributed by atoms with Crippen LogP contribution in [0.1, 0.15) is 40.0 Å². The summed E-state index contributed by atoms with van der Waals surface area (Å²) in [5.74, 6) is -0.480. The zero-order valence-corrected chi connectivity index (χ0v) is 17.6. The Morgan fingerprint density at radius 3 is 2.14 bits per heavy atom. The highest BCUT2D eigenvalue weighted by Gasteiger charge is 2.21. The molecule has 0 spiro atoms. The minimum Gasteiger partial charge on any atom is -0.398 e. The lowest BCUT2D eigenvalue weighted by molar-refractivity contribution is -0.106. The molecule has 1 aromatic carbocycles. The quantitative estimate of drug-likeness (QED) is 0.442. The number of amides is 1. The average molecular weight is 427 g/mol. The van der Waals surface area contributed by atoms with E-state index in [0.29, 0.717) is 6.54 Å². The van der Waals surface area contributed by atoms with Crippen molar-refractivity contribution in [3.63, 3.8) is 0 Å². The van der Waals surface area contributed by atoms with Gasteiger partial charge in [0.05, 0.1) is 0 Å². The fraction of sp³-hybridized carbons (Fsp3) is 0.421. The number of aryl methyl sites for hydroxylation is 2. The second kappa shape index (κ2) is 10.7. The third-order valence-electron chi connectivity index (χ3n) is 4.76. The van der Waals surface area contributed by atoms with Gasteiger partial charge < -0.3 is 16.8 Å². The molecule has 0 aliphatic heterocycles. The lowest BCUT2D eigenvalue weighted by Crippen LogP contribution is -2.02. The van der Waals surface area contributed by atoms with Crippen molar-refractivity contribution in [1.82, 2.24) is 5.32 Å². The van der Waals surface area contributed by atoms with Gasteiger partial charge in [0.15, 0.2) is 5.82 Å². The third kappa shape index (κ3) is 5.38. The van der Waals surface area contributed by atoms with Crippen LogP contribution in [0.2, 0.25) is 0 Å². The Morgan fingerprint density at radius 2 is 1.71 bits per heavy atom. The lowest BCUT2D eigenvalue weighted by Gasteiger charge is -2.10. The predicted molar refractivity (Wildman–Crippen MR) is 113 cm³/mol. The van der Waals surface area contributed by atoms with Crippen molar-refractivity contribution in [2.45, 2.75) is 49.3 Å². The highest BCUT2D eigenvalue weighted by molar-refractivity contribution is 7.85. The first kappa shape index (κ1) is 22.5. The van der Waals surface area contributed by atoms with E-state index in [0.717, 1.165) is 21.9 Å². The number of nitrogens with two attached hydrogens (primary N) is 3. The SMILES string of the molecule is CNCc1cc(F)c(S(N)=O)s1.NC=O.Nc1c2c(cc3c1CCC3)CCC2. The van der Waals surface area contributed by atoms with E-state index in [4.69, 9.17) is 15.7 Å². The van der Waals surface area contributed by atoms with Crippen LogP contribution in [0.15, 0.2) is 16.3 Å². The fourth-order valence-corrected chi connectivity index (χ4v) is 5.33. The van der Waals surface area contributed by atoms with Crippen LogP contribution in [0.4, 0.5) is 10.1 Å². The van der Waals surface area contributed by atoms with Gasteiger partial charge in [0.25, 0.3) is 0 Å². The number of hydrogen-bond acceptors (Lipinski definition) is 5. The molecule has 0 saturated carbocycles. The molecule has 154 valence electrons. The van der Waals surface area contributed by atoms with Crippen LogP contribution in [0, 0.1) is 5.82 Å². The summed E-state index contributed by atoms with van der Waals surface area (Å²) in [6, 6.07) is 3.77. The van der Waals surface area contributed by atoms with Gasteiger partial charge >= 0.3 is 0 Å². The molecule has 1 atom stereocenters. The van der Waals surface area contributed by atoms with Gasteiger partial charge in [0.1, 0.15) is 15.2 Å². The van der Waals surface area contributed by atoms with Crippen LogP contribution in [-0.4, -0.2) is 17.7 Å². The first-order valence-electron chi connectivity index (χ1n) is 9.09. The molecular weight excluding hydrogens is 399 g/mol. The zero-order valence-electron chi connectivity index (χ0n) is 15.9. The van der Waals surface area contributed by atoms with Gasteiger partial charge in [-0.3, -0.25) is 4.79 Å². The standard InChI is InChI=1S/C12H15N.C6H9FN2OS2.CH3NO/c13-12-10-5-1-3-8(10)7-9-4-2-6-11(9)12;1-9-3-4-2-5(7)6(11-4)12(8)10;2-1-3/h7H,1-6,13H2;2,9H,3,8H2,1H3;1H,(H2,2,3). The monoisotopic (exact) mass is 426 g/mol. The van der Waals surface area contributed by atoms with E-state index in [-0.39, 0.29) is 10.6 Å². The number of rotatable bonds is 3. The zero-order chi connectivity index (χ0) is 20.7. The van der Waals surface area contributed by atoms with Crippen LogP contribution in [0.5, 0.6) is 0 Å². The van der Waals surface area contributed by atoms with Crippen molar-refractivity contribution >= 4 is 34.4 Å². The van der Waals surface area contributed by atoms with E-state index in [1.807, 2.05) is 0 Å². The molecular formula is C19H27FN4O2S2. The molecule has 7 N–H and O–H groups in total. The minimum absolute atomic E-state index is 0.111. The van der Waals surface area contributed by atoms with E-state index in [1.54, 1.807) is 7.05 Å². The Kier molecular flexibility index (Phi) is 8.56. The second-order valence-electron chi connectivity index (χ2n) is 6.58. The molecule has 1 unspecified atom stereocenters. The van der Waals surface area contributed by atoms with Gasteiger partial charge in [0.2, 0.25) is 6.41 Å². The van der Waals surface area contributed by atoms with Crippen molar-refractivity contribution in [2.24, 2.45) is 10.9 Å². The molecule has 1 amide bonds. The maximum absolute atomic E-state index is 12.9. The molecule has 2 aromatic rings. The average Bonchev–Trinajstić information content (AvgIpc) is 3.36. The Labute approximate surface area is 171 Å². The number of halogens is 1. The predicted octanol–water partition coefficient (Wildman–Crippen LogP) is 1.94. The van der Waals surface area contributed by atoms with Gasteiger partial charge in [-0.1, -0.05) is 6.07 Å². The number of fused-ring (bicyclic) bond motifs is 2. The number of benzene rings is 1. The summed E-state index contributed by atoms with van der Waals surface area (Å²) in [6.45, 7) is 0.568. The number of anilines is 1. The van der Waals surface area contributed by atoms with Crippen molar-refractivity contribution < 1.29 is 13.4 Å². The molecule has 0 radical (unpaired) electrons. The van der Waals surface area contributed by atoms with Crippen LogP contribution in [0.25, 0.3) is 0 Å². The Balaban J connectivity index is 0.000000177. The fourth-order valence-electron chi connectivity index (χ4n) is 3.66. The van der Waals surface area contributed by atoms with Crippen molar-refractivity contribution in [1.29, 1.82) is 0 Å². The molecule has 1 heterocycles. The Bertz CT molecular complexity index is 823. The van der Waals surface area contributed by atoms with E-state index in [1.165, 1.54) is 66.8 Å². The maximum Gasteiger partial charge on any atom is 0.204 e. The first-order valence-corrected chi connectivity index (χ1v) is 11.1. The number of nitrogens with one attached hydrogen (secondary N) is 1. The maximum atomic E-state index is 12.9. The minimum atomic E-state index is -1.71. The third-order valence-corrected chi connectivity index (χ3v) is 6.97. The summed E-state index contributed by atoms with van der Waals surface area (Å²) < 4.78 is 23.7. The number of nitrogen functional groups attached to an aromatic ring is 1. The normalized spacial score (nSPS) is 14.8. The molecule has 9 heteroatoms. The van der Waals surface area contributed by atoms with Crippen molar-refractivity contribution in [2.75, 3.05) is 12.8 Å². The van der Waals surface area contributed by atoms with Crippen molar-refractivity contribution in [3.8, 4) is 0 Å². The van der Waals surface area contributed by atoms with Crippen LogP contribution < -0.4 is 21.9 Å². The molecule has 28 heavy (non-hydrogen) atoms. The van der Waals surface area contributed by atoms with Crippen LogP contribution >= 0.6 is 11.3 Å². The number of thiophene rings is 1. The number of carbonyl (C=O) groups is 1. The topological polar surface area (TPSA) is 124 Å².